The van der Waals surface area contributed by atoms with E-state index in [-0.39, 0.29) is 6.04 Å². The first kappa shape index (κ1) is 18.0. The molecule has 0 spiro atoms. The predicted octanol–water partition coefficient (Wildman–Crippen LogP) is 3.08. The maximum atomic E-state index is 12.4. The summed E-state index contributed by atoms with van der Waals surface area (Å²) in [6, 6.07) is -0.375. The van der Waals surface area contributed by atoms with Crippen molar-refractivity contribution in [3.05, 3.63) is 12.7 Å². The molecule has 1 heterocycles. The van der Waals surface area contributed by atoms with Gasteiger partial charge in [-0.05, 0) is 53.9 Å². The van der Waals surface area contributed by atoms with Crippen molar-refractivity contribution in [2.75, 3.05) is 6.61 Å². The summed E-state index contributed by atoms with van der Waals surface area (Å²) in [7, 11) is 0. The quantitative estimate of drug-likeness (QED) is 0.626. The van der Waals surface area contributed by atoms with Crippen LogP contribution in [0.5, 0.6) is 0 Å². The van der Waals surface area contributed by atoms with Crippen molar-refractivity contribution in [1.82, 2.24) is 4.90 Å². The second kappa shape index (κ2) is 6.79. The molecule has 0 aliphatic carbocycles. The van der Waals surface area contributed by atoms with Crippen molar-refractivity contribution in [1.29, 1.82) is 0 Å². The van der Waals surface area contributed by atoms with Crippen LogP contribution < -0.4 is 0 Å². The summed E-state index contributed by atoms with van der Waals surface area (Å²) in [4.78, 5) is 13.9. The average Bonchev–Trinajstić information content (AvgIpc) is 2.63. The molecule has 1 aliphatic heterocycles. The van der Waals surface area contributed by atoms with Crippen LogP contribution in [0.2, 0.25) is 0 Å². The van der Waals surface area contributed by atoms with E-state index in [9.17, 15) is 9.90 Å². The van der Waals surface area contributed by atoms with E-state index in [4.69, 9.17) is 9.47 Å². The molecular formula is C16H29NO4. The van der Waals surface area contributed by atoms with Gasteiger partial charge >= 0.3 is 6.09 Å². The maximum absolute atomic E-state index is 12.4. The van der Waals surface area contributed by atoms with Crippen molar-refractivity contribution in [3.8, 4) is 0 Å². The Morgan fingerprint density at radius 3 is 2.71 bits per heavy atom. The molecule has 1 aliphatic rings. The van der Waals surface area contributed by atoms with Crippen molar-refractivity contribution in [3.63, 3.8) is 0 Å². The number of ether oxygens (including phenoxy) is 2. The van der Waals surface area contributed by atoms with Crippen LogP contribution in [-0.2, 0) is 9.47 Å². The Bertz CT molecular complexity index is 373. The summed E-state index contributed by atoms with van der Waals surface area (Å²) in [5.74, 6) is 0. The van der Waals surface area contributed by atoms with Gasteiger partial charge in [-0.3, -0.25) is 4.90 Å². The molecule has 5 heteroatoms. The molecule has 5 nitrogen and oxygen atoms in total. The van der Waals surface area contributed by atoms with E-state index in [0.717, 1.165) is 12.8 Å². The summed E-state index contributed by atoms with van der Waals surface area (Å²) in [6.07, 6.45) is 3.05. The minimum absolute atomic E-state index is 0.321. The molecule has 0 aromatic rings. The molecule has 21 heavy (non-hydrogen) atoms. The number of aliphatic hydroxyl groups is 1. The monoisotopic (exact) mass is 299 g/mol. The van der Waals surface area contributed by atoms with E-state index >= 15 is 0 Å². The zero-order valence-electron chi connectivity index (χ0n) is 13.9. The van der Waals surface area contributed by atoms with Gasteiger partial charge in [0.25, 0.3) is 0 Å². The minimum Gasteiger partial charge on any atom is -0.444 e. The van der Waals surface area contributed by atoms with E-state index in [1.165, 1.54) is 4.90 Å². The molecular weight excluding hydrogens is 270 g/mol. The number of nitrogens with zero attached hydrogens (tertiary/aromatic N) is 1. The maximum Gasteiger partial charge on any atom is 0.412 e. The van der Waals surface area contributed by atoms with Crippen LogP contribution >= 0.6 is 0 Å². The lowest BCUT2D eigenvalue weighted by atomic mass is 10.0. The molecule has 0 aromatic heterocycles. The zero-order chi connectivity index (χ0) is 16.3. The van der Waals surface area contributed by atoms with Gasteiger partial charge in [-0.15, -0.1) is 6.58 Å². The third-order valence-electron chi connectivity index (χ3n) is 3.46. The Hall–Kier alpha value is -1.07. The zero-order valence-corrected chi connectivity index (χ0v) is 13.9. The van der Waals surface area contributed by atoms with Gasteiger partial charge in [0.15, 0.2) is 0 Å². The summed E-state index contributed by atoms with van der Waals surface area (Å²) < 4.78 is 11.1. The van der Waals surface area contributed by atoms with Gasteiger partial charge < -0.3 is 14.6 Å². The van der Waals surface area contributed by atoms with Crippen LogP contribution in [0.4, 0.5) is 4.79 Å². The van der Waals surface area contributed by atoms with Crippen LogP contribution in [0.25, 0.3) is 0 Å². The fourth-order valence-corrected chi connectivity index (χ4v) is 2.45. The van der Waals surface area contributed by atoms with Crippen molar-refractivity contribution < 1.29 is 19.4 Å². The molecule has 1 amide bonds. The third kappa shape index (κ3) is 5.00. The van der Waals surface area contributed by atoms with Gasteiger partial charge in [0.2, 0.25) is 0 Å². The standard InChI is InChI=1S/C16H29NO4/c1-7-8-9-10-13(18)12-11-20-16(5,6)17(12)14(19)21-15(2,3)4/h7,12-13,18H,1,8-11H2,2-6H3/t12-,13?/m0/s1. The lowest BCUT2D eigenvalue weighted by Crippen LogP contribution is -2.53. The van der Waals surface area contributed by atoms with Crippen LogP contribution in [0.3, 0.4) is 0 Å². The first-order valence-corrected chi connectivity index (χ1v) is 7.54. The third-order valence-corrected chi connectivity index (χ3v) is 3.46. The molecule has 2 atom stereocenters. The highest BCUT2D eigenvalue weighted by Crippen LogP contribution is 2.31. The van der Waals surface area contributed by atoms with E-state index in [1.807, 2.05) is 40.7 Å². The summed E-state index contributed by atoms with van der Waals surface area (Å²) in [5.41, 5.74) is -1.35. The first-order chi connectivity index (χ1) is 9.58. The molecule has 0 radical (unpaired) electrons. The van der Waals surface area contributed by atoms with E-state index in [2.05, 4.69) is 6.58 Å². The van der Waals surface area contributed by atoms with Crippen LogP contribution in [0.15, 0.2) is 12.7 Å². The number of rotatable bonds is 5. The molecule has 1 rings (SSSR count). The van der Waals surface area contributed by atoms with Gasteiger partial charge in [-0.2, -0.15) is 0 Å². The van der Waals surface area contributed by atoms with E-state index in [1.54, 1.807) is 0 Å². The predicted molar refractivity (Wildman–Crippen MR) is 81.9 cm³/mol. The molecule has 0 aromatic carbocycles. The lowest BCUT2D eigenvalue weighted by Gasteiger charge is -2.36. The summed E-state index contributed by atoms with van der Waals surface area (Å²) >= 11 is 0. The highest BCUT2D eigenvalue weighted by atomic mass is 16.6. The molecule has 1 fully saturated rings. The number of aliphatic hydroxyl groups excluding tert-OH is 1. The lowest BCUT2D eigenvalue weighted by molar-refractivity contribution is -0.0681. The van der Waals surface area contributed by atoms with E-state index < -0.39 is 23.5 Å². The minimum atomic E-state index is -0.771. The SMILES string of the molecule is C=CCCCC(O)[C@@H]1COC(C)(C)N1C(=O)OC(C)(C)C. The van der Waals surface area contributed by atoms with Gasteiger partial charge in [-0.1, -0.05) is 6.08 Å². The molecule has 1 N–H and O–H groups in total. The first-order valence-electron chi connectivity index (χ1n) is 7.54. The Kier molecular flexibility index (Phi) is 5.82. The highest BCUT2D eigenvalue weighted by molar-refractivity contribution is 5.69. The Morgan fingerprint density at radius 1 is 1.57 bits per heavy atom. The fourth-order valence-electron chi connectivity index (χ4n) is 2.45. The summed E-state index contributed by atoms with van der Waals surface area (Å²) in [5, 5.41) is 10.4. The number of hydrogen-bond acceptors (Lipinski definition) is 4. The number of hydrogen-bond donors (Lipinski definition) is 1. The molecule has 1 saturated heterocycles. The number of amides is 1. The van der Waals surface area contributed by atoms with Crippen molar-refractivity contribution in [2.45, 2.75) is 77.4 Å². The molecule has 122 valence electrons. The van der Waals surface area contributed by atoms with Crippen LogP contribution in [-0.4, -0.2) is 46.2 Å². The van der Waals surface area contributed by atoms with Crippen molar-refractivity contribution in [2.24, 2.45) is 0 Å². The normalized spacial score (nSPS) is 23.0. The van der Waals surface area contributed by atoms with Gasteiger partial charge in [0, 0.05) is 0 Å². The Labute approximate surface area is 127 Å². The van der Waals surface area contributed by atoms with Gasteiger partial charge in [-0.25, -0.2) is 4.79 Å². The average molecular weight is 299 g/mol. The number of allylic oxidation sites excluding steroid dienone is 1. The van der Waals surface area contributed by atoms with Gasteiger partial charge in [0.1, 0.15) is 11.3 Å². The molecule has 0 saturated carbocycles. The topological polar surface area (TPSA) is 59.0 Å². The molecule has 0 bridgehead atoms. The van der Waals surface area contributed by atoms with Gasteiger partial charge in [0.05, 0.1) is 18.8 Å². The largest absolute Gasteiger partial charge is 0.444 e. The second-order valence-electron chi connectivity index (χ2n) is 6.96. The number of carbonyl (C=O) groups excluding carboxylic acids is 1. The number of carbonyl (C=O) groups is 1. The Morgan fingerprint density at radius 2 is 2.19 bits per heavy atom. The highest BCUT2D eigenvalue weighted by Gasteiger charge is 2.48. The second-order valence-corrected chi connectivity index (χ2v) is 6.96. The van der Waals surface area contributed by atoms with Crippen LogP contribution in [0.1, 0.15) is 53.9 Å². The Balaban J connectivity index is 2.78. The van der Waals surface area contributed by atoms with E-state index in [0.29, 0.717) is 13.0 Å². The van der Waals surface area contributed by atoms with Crippen molar-refractivity contribution >= 4 is 6.09 Å². The van der Waals surface area contributed by atoms with Crippen LogP contribution in [0, 0.1) is 0 Å². The smallest absolute Gasteiger partial charge is 0.412 e. The summed E-state index contributed by atoms with van der Waals surface area (Å²) in [6.45, 7) is 13.1. The molecule has 1 unspecified atom stereocenters. The number of unbranched alkanes of at least 4 members (excludes halogenated alkanes) is 1. The fraction of sp³-hybridized carbons (Fsp3) is 0.812.